The van der Waals surface area contributed by atoms with E-state index in [1.807, 2.05) is 23.1 Å². The van der Waals surface area contributed by atoms with Crippen molar-refractivity contribution in [3.05, 3.63) is 63.7 Å². The molecule has 5 nitrogen and oxygen atoms in total. The van der Waals surface area contributed by atoms with E-state index in [4.69, 9.17) is 0 Å². The molecular formula is C27H35N3O2. The summed E-state index contributed by atoms with van der Waals surface area (Å²) in [6, 6.07) is 10.5. The van der Waals surface area contributed by atoms with E-state index in [0.717, 1.165) is 44.7 Å². The minimum absolute atomic E-state index is 0.0290. The number of carbonyl (C=O) groups excluding carboxylic acids is 2. The SMILES string of the molecule is Cc1ccc(NC(=O)CCN2CCC(C(=O)N3CCc4cc(C)c(C)cc4C3)C2)cc1C. The zero-order valence-corrected chi connectivity index (χ0v) is 19.8. The number of fused-ring (bicyclic) bond motifs is 1. The first-order valence-electron chi connectivity index (χ1n) is 11.8. The number of hydrogen-bond donors (Lipinski definition) is 1. The van der Waals surface area contributed by atoms with Gasteiger partial charge in [0.2, 0.25) is 11.8 Å². The molecule has 2 aliphatic heterocycles. The highest BCUT2D eigenvalue weighted by molar-refractivity contribution is 5.91. The molecule has 0 saturated carbocycles. The smallest absolute Gasteiger partial charge is 0.227 e. The molecule has 0 radical (unpaired) electrons. The maximum atomic E-state index is 13.2. The highest BCUT2D eigenvalue weighted by Crippen LogP contribution is 2.26. The van der Waals surface area contributed by atoms with E-state index in [1.165, 1.54) is 33.4 Å². The molecule has 2 amide bonds. The van der Waals surface area contributed by atoms with Crippen molar-refractivity contribution in [3.63, 3.8) is 0 Å². The Morgan fingerprint density at radius 3 is 2.41 bits per heavy atom. The second-order valence-electron chi connectivity index (χ2n) is 9.60. The van der Waals surface area contributed by atoms with Gasteiger partial charge in [0.1, 0.15) is 0 Å². The molecule has 2 heterocycles. The molecule has 1 saturated heterocycles. The summed E-state index contributed by atoms with van der Waals surface area (Å²) >= 11 is 0. The van der Waals surface area contributed by atoms with E-state index in [1.54, 1.807) is 0 Å². The Bertz CT molecular complexity index is 1030. The van der Waals surface area contributed by atoms with Crippen molar-refractivity contribution in [2.24, 2.45) is 5.92 Å². The number of nitrogens with zero attached hydrogens (tertiary/aromatic N) is 2. The van der Waals surface area contributed by atoms with Crippen LogP contribution in [0, 0.1) is 33.6 Å². The highest BCUT2D eigenvalue weighted by atomic mass is 16.2. The van der Waals surface area contributed by atoms with Gasteiger partial charge >= 0.3 is 0 Å². The molecule has 1 atom stereocenters. The molecule has 0 spiro atoms. The molecule has 2 aromatic rings. The number of amides is 2. The van der Waals surface area contributed by atoms with E-state index in [-0.39, 0.29) is 17.7 Å². The van der Waals surface area contributed by atoms with Gasteiger partial charge in [0, 0.05) is 38.3 Å². The fourth-order valence-corrected chi connectivity index (χ4v) is 4.84. The standard InChI is InChI=1S/C27H35N3O2/c1-18-5-6-25(15-21(18)4)28-26(31)9-11-29-10-7-23(16-29)27(32)30-12-8-22-13-19(2)20(3)14-24(22)17-30/h5-6,13-15,23H,7-12,16-17H2,1-4H3,(H,28,31). The lowest BCUT2D eigenvalue weighted by molar-refractivity contribution is -0.136. The van der Waals surface area contributed by atoms with Gasteiger partial charge in [0.15, 0.2) is 0 Å². The lowest BCUT2D eigenvalue weighted by atomic mass is 9.94. The van der Waals surface area contributed by atoms with E-state index < -0.39 is 0 Å². The maximum Gasteiger partial charge on any atom is 0.227 e. The topological polar surface area (TPSA) is 52.7 Å². The predicted octanol–water partition coefficient (Wildman–Crippen LogP) is 4.16. The third kappa shape index (κ3) is 5.04. The molecule has 0 bridgehead atoms. The van der Waals surface area contributed by atoms with Crippen molar-refractivity contribution < 1.29 is 9.59 Å². The second-order valence-corrected chi connectivity index (χ2v) is 9.60. The average Bonchev–Trinajstić information content (AvgIpc) is 3.24. The second kappa shape index (κ2) is 9.45. The Morgan fingerprint density at radius 2 is 1.66 bits per heavy atom. The van der Waals surface area contributed by atoms with Crippen LogP contribution in [0.15, 0.2) is 30.3 Å². The van der Waals surface area contributed by atoms with Crippen LogP contribution in [-0.4, -0.2) is 47.8 Å². The summed E-state index contributed by atoms with van der Waals surface area (Å²) in [6.45, 7) is 12.3. The van der Waals surface area contributed by atoms with Gasteiger partial charge in [0.25, 0.3) is 0 Å². The molecule has 1 fully saturated rings. The Kier molecular flexibility index (Phi) is 6.66. The summed E-state index contributed by atoms with van der Waals surface area (Å²) in [5.41, 5.74) is 8.56. The number of nitrogens with one attached hydrogen (secondary N) is 1. The summed E-state index contributed by atoms with van der Waals surface area (Å²) in [5.74, 6) is 0.350. The fraction of sp³-hybridized carbons (Fsp3) is 0.481. The van der Waals surface area contributed by atoms with Gasteiger partial charge in [-0.1, -0.05) is 18.2 Å². The van der Waals surface area contributed by atoms with Crippen LogP contribution in [0.1, 0.15) is 46.2 Å². The largest absolute Gasteiger partial charge is 0.338 e. The van der Waals surface area contributed by atoms with E-state index in [9.17, 15) is 9.59 Å². The van der Waals surface area contributed by atoms with Crippen molar-refractivity contribution in [2.75, 3.05) is 31.5 Å². The molecule has 5 heteroatoms. The fourth-order valence-electron chi connectivity index (χ4n) is 4.84. The third-order valence-electron chi connectivity index (χ3n) is 7.21. The summed E-state index contributed by atoms with van der Waals surface area (Å²) in [4.78, 5) is 29.8. The number of aryl methyl sites for hydroxylation is 4. The zero-order valence-electron chi connectivity index (χ0n) is 19.8. The maximum absolute atomic E-state index is 13.2. The van der Waals surface area contributed by atoms with E-state index in [0.29, 0.717) is 13.0 Å². The van der Waals surface area contributed by atoms with Crippen molar-refractivity contribution in [1.82, 2.24) is 9.80 Å². The van der Waals surface area contributed by atoms with Gasteiger partial charge < -0.3 is 15.1 Å². The molecule has 2 aromatic carbocycles. The normalized spacial score (nSPS) is 18.5. The summed E-state index contributed by atoms with van der Waals surface area (Å²) < 4.78 is 0. The monoisotopic (exact) mass is 433 g/mol. The Hall–Kier alpha value is -2.66. The molecule has 32 heavy (non-hydrogen) atoms. The van der Waals surface area contributed by atoms with Gasteiger partial charge in [-0.15, -0.1) is 0 Å². The minimum atomic E-state index is 0.0290. The number of anilines is 1. The summed E-state index contributed by atoms with van der Waals surface area (Å²) in [6.07, 6.45) is 2.27. The first-order valence-corrected chi connectivity index (χ1v) is 11.8. The van der Waals surface area contributed by atoms with Gasteiger partial charge in [-0.3, -0.25) is 9.59 Å². The van der Waals surface area contributed by atoms with Crippen molar-refractivity contribution in [3.8, 4) is 0 Å². The lowest BCUT2D eigenvalue weighted by Gasteiger charge is -2.31. The first-order chi connectivity index (χ1) is 15.3. The summed E-state index contributed by atoms with van der Waals surface area (Å²) in [5, 5.41) is 3.00. The highest BCUT2D eigenvalue weighted by Gasteiger charge is 2.32. The van der Waals surface area contributed by atoms with Crippen LogP contribution in [0.2, 0.25) is 0 Å². The van der Waals surface area contributed by atoms with Crippen LogP contribution < -0.4 is 5.32 Å². The van der Waals surface area contributed by atoms with Crippen LogP contribution in [0.25, 0.3) is 0 Å². The van der Waals surface area contributed by atoms with Crippen LogP contribution in [0.3, 0.4) is 0 Å². The molecular weight excluding hydrogens is 398 g/mol. The van der Waals surface area contributed by atoms with Crippen molar-refractivity contribution in [1.29, 1.82) is 0 Å². The van der Waals surface area contributed by atoms with Gasteiger partial charge in [-0.25, -0.2) is 0 Å². The predicted molar refractivity (Wildman–Crippen MR) is 129 cm³/mol. The van der Waals surface area contributed by atoms with Gasteiger partial charge in [0.05, 0.1) is 5.92 Å². The molecule has 1 unspecified atom stereocenters. The van der Waals surface area contributed by atoms with Gasteiger partial charge in [-0.2, -0.15) is 0 Å². The van der Waals surface area contributed by atoms with Crippen molar-refractivity contribution >= 4 is 17.5 Å². The number of benzene rings is 2. The molecule has 2 aliphatic rings. The van der Waals surface area contributed by atoms with Crippen LogP contribution in [0.4, 0.5) is 5.69 Å². The Labute approximate surface area is 191 Å². The first kappa shape index (κ1) is 22.5. The quantitative estimate of drug-likeness (QED) is 0.771. The average molecular weight is 434 g/mol. The number of carbonyl (C=O) groups is 2. The van der Waals surface area contributed by atoms with Crippen molar-refractivity contribution in [2.45, 2.75) is 53.5 Å². The molecule has 0 aliphatic carbocycles. The van der Waals surface area contributed by atoms with Crippen LogP contribution in [-0.2, 0) is 22.6 Å². The third-order valence-corrected chi connectivity index (χ3v) is 7.21. The van der Waals surface area contributed by atoms with Crippen LogP contribution in [0.5, 0.6) is 0 Å². The van der Waals surface area contributed by atoms with E-state index >= 15 is 0 Å². The Balaban J connectivity index is 1.26. The Morgan fingerprint density at radius 1 is 0.938 bits per heavy atom. The van der Waals surface area contributed by atoms with Crippen LogP contribution >= 0.6 is 0 Å². The molecule has 0 aromatic heterocycles. The lowest BCUT2D eigenvalue weighted by Crippen LogP contribution is -2.40. The van der Waals surface area contributed by atoms with Gasteiger partial charge in [-0.05, 0) is 92.6 Å². The molecule has 4 rings (SSSR count). The van der Waals surface area contributed by atoms with E-state index in [2.05, 4.69) is 50.0 Å². The number of hydrogen-bond acceptors (Lipinski definition) is 3. The number of likely N-dealkylation sites (tertiary alicyclic amines) is 1. The molecule has 1 N–H and O–H groups in total. The zero-order chi connectivity index (χ0) is 22.8. The number of rotatable bonds is 5. The summed E-state index contributed by atoms with van der Waals surface area (Å²) in [7, 11) is 0. The minimum Gasteiger partial charge on any atom is -0.338 e. The molecule has 170 valence electrons.